The Kier molecular flexibility index (Phi) is 3.38. The number of carbonyl (C=O) groups is 1. The third kappa shape index (κ3) is 2.27. The van der Waals surface area contributed by atoms with E-state index in [-0.39, 0.29) is 11.7 Å². The van der Waals surface area contributed by atoms with E-state index >= 15 is 0 Å². The molecule has 0 aliphatic carbocycles. The molecule has 0 bridgehead atoms. The van der Waals surface area contributed by atoms with Gasteiger partial charge >= 0.3 is 0 Å². The van der Waals surface area contributed by atoms with Crippen LogP contribution in [-0.4, -0.2) is 17.6 Å². The first-order valence-corrected chi connectivity index (χ1v) is 7.97. The average Bonchev–Trinajstić information content (AvgIpc) is 2.95. The molecule has 1 aliphatic rings. The molecule has 1 amide bonds. The largest absolute Gasteiger partial charge is 0.508 e. The van der Waals surface area contributed by atoms with Crippen LogP contribution in [0.25, 0.3) is 21.9 Å². The van der Waals surface area contributed by atoms with E-state index in [0.717, 1.165) is 38.8 Å². The van der Waals surface area contributed by atoms with Gasteiger partial charge in [0.25, 0.3) is 5.91 Å². The van der Waals surface area contributed by atoms with E-state index in [9.17, 15) is 9.90 Å². The second-order valence-corrected chi connectivity index (χ2v) is 5.82. The van der Waals surface area contributed by atoms with Crippen LogP contribution in [0.15, 0.2) is 48.5 Å². The fourth-order valence-corrected chi connectivity index (χ4v) is 3.28. The van der Waals surface area contributed by atoms with Gasteiger partial charge in [0.2, 0.25) is 0 Å². The molecule has 4 nitrogen and oxygen atoms in total. The molecule has 3 aromatic rings. The summed E-state index contributed by atoms with van der Waals surface area (Å²) in [6.45, 7) is 3.07. The fourth-order valence-electron chi connectivity index (χ4n) is 3.28. The number of nitrogens with one attached hydrogen (secondary N) is 1. The van der Waals surface area contributed by atoms with Gasteiger partial charge in [0, 0.05) is 12.1 Å². The highest BCUT2D eigenvalue weighted by atomic mass is 16.5. The molecule has 120 valence electrons. The summed E-state index contributed by atoms with van der Waals surface area (Å²) in [5.41, 5.74) is 3.70. The van der Waals surface area contributed by atoms with Crippen LogP contribution in [-0.2, 0) is 6.54 Å². The lowest BCUT2D eigenvalue weighted by Crippen LogP contribution is -2.12. The lowest BCUT2D eigenvalue weighted by atomic mass is 9.90. The van der Waals surface area contributed by atoms with E-state index in [1.807, 2.05) is 43.3 Å². The summed E-state index contributed by atoms with van der Waals surface area (Å²) in [7, 11) is 0. The number of benzene rings is 3. The van der Waals surface area contributed by atoms with Gasteiger partial charge in [0.15, 0.2) is 0 Å². The van der Waals surface area contributed by atoms with Gasteiger partial charge in [-0.1, -0.05) is 18.2 Å². The first kappa shape index (κ1) is 14.6. The molecule has 0 atom stereocenters. The Morgan fingerprint density at radius 1 is 1.12 bits per heavy atom. The van der Waals surface area contributed by atoms with Gasteiger partial charge < -0.3 is 15.2 Å². The van der Waals surface area contributed by atoms with Crippen molar-refractivity contribution in [1.29, 1.82) is 0 Å². The average molecular weight is 319 g/mol. The SMILES string of the molecule is CCOc1ccc2cc3c(c(-c4ccc(O)cc4)c2c1)CNC3=O. The van der Waals surface area contributed by atoms with Crippen molar-refractivity contribution in [1.82, 2.24) is 5.32 Å². The number of fused-ring (bicyclic) bond motifs is 2. The zero-order valence-electron chi connectivity index (χ0n) is 13.3. The molecule has 0 saturated carbocycles. The third-order valence-corrected chi connectivity index (χ3v) is 4.36. The normalized spacial score (nSPS) is 13.0. The van der Waals surface area contributed by atoms with E-state index in [0.29, 0.717) is 13.2 Å². The number of phenols is 1. The van der Waals surface area contributed by atoms with Crippen LogP contribution in [0.4, 0.5) is 0 Å². The highest BCUT2D eigenvalue weighted by Crippen LogP contribution is 2.38. The maximum absolute atomic E-state index is 12.1. The van der Waals surface area contributed by atoms with Crippen molar-refractivity contribution in [3.05, 3.63) is 59.7 Å². The monoisotopic (exact) mass is 319 g/mol. The van der Waals surface area contributed by atoms with Crippen molar-refractivity contribution >= 4 is 16.7 Å². The molecular formula is C20H17NO3. The highest BCUT2D eigenvalue weighted by molar-refractivity contribution is 6.09. The van der Waals surface area contributed by atoms with Crippen LogP contribution in [0.5, 0.6) is 11.5 Å². The summed E-state index contributed by atoms with van der Waals surface area (Å²) in [5.74, 6) is 0.989. The first-order chi connectivity index (χ1) is 11.7. The second-order valence-electron chi connectivity index (χ2n) is 5.82. The Hall–Kier alpha value is -3.01. The maximum Gasteiger partial charge on any atom is 0.251 e. The molecule has 0 spiro atoms. The van der Waals surface area contributed by atoms with Crippen molar-refractivity contribution in [3.63, 3.8) is 0 Å². The minimum atomic E-state index is -0.0409. The number of carbonyl (C=O) groups excluding carboxylic acids is 1. The van der Waals surface area contributed by atoms with E-state index in [4.69, 9.17) is 4.74 Å². The third-order valence-electron chi connectivity index (χ3n) is 4.36. The van der Waals surface area contributed by atoms with Gasteiger partial charge in [-0.05, 0) is 64.7 Å². The van der Waals surface area contributed by atoms with Crippen molar-refractivity contribution in [2.24, 2.45) is 0 Å². The van der Waals surface area contributed by atoms with Gasteiger partial charge in [-0.25, -0.2) is 0 Å². The lowest BCUT2D eigenvalue weighted by molar-refractivity contribution is 0.0966. The Bertz CT molecular complexity index is 945. The highest BCUT2D eigenvalue weighted by Gasteiger charge is 2.24. The Balaban J connectivity index is 2.05. The Morgan fingerprint density at radius 3 is 2.67 bits per heavy atom. The quantitative estimate of drug-likeness (QED) is 0.771. The minimum absolute atomic E-state index is 0.0409. The first-order valence-electron chi connectivity index (χ1n) is 7.97. The van der Waals surface area contributed by atoms with Crippen molar-refractivity contribution in [2.45, 2.75) is 13.5 Å². The molecule has 0 aromatic heterocycles. The fraction of sp³-hybridized carbons (Fsp3) is 0.150. The molecule has 3 aromatic carbocycles. The Morgan fingerprint density at radius 2 is 1.92 bits per heavy atom. The summed E-state index contributed by atoms with van der Waals surface area (Å²) < 4.78 is 5.64. The summed E-state index contributed by atoms with van der Waals surface area (Å²) in [4.78, 5) is 12.1. The maximum atomic E-state index is 12.1. The van der Waals surface area contributed by atoms with Crippen LogP contribution in [0, 0.1) is 0 Å². The van der Waals surface area contributed by atoms with Crippen LogP contribution < -0.4 is 10.1 Å². The topological polar surface area (TPSA) is 58.6 Å². The van der Waals surface area contributed by atoms with Crippen molar-refractivity contribution in [3.8, 4) is 22.6 Å². The van der Waals surface area contributed by atoms with Gasteiger partial charge in [-0.3, -0.25) is 4.79 Å². The molecule has 2 N–H and O–H groups in total. The van der Waals surface area contributed by atoms with Crippen LogP contribution >= 0.6 is 0 Å². The van der Waals surface area contributed by atoms with Crippen molar-refractivity contribution in [2.75, 3.05) is 6.61 Å². The predicted octanol–water partition coefficient (Wildman–Crippen LogP) is 3.85. The number of hydrogen-bond donors (Lipinski definition) is 2. The number of amides is 1. The lowest BCUT2D eigenvalue weighted by Gasteiger charge is -2.14. The smallest absolute Gasteiger partial charge is 0.251 e. The summed E-state index contributed by atoms with van der Waals surface area (Å²) in [6, 6.07) is 14.9. The molecule has 0 saturated heterocycles. The number of rotatable bonds is 3. The van der Waals surface area contributed by atoms with Gasteiger partial charge in [-0.15, -0.1) is 0 Å². The predicted molar refractivity (Wildman–Crippen MR) is 93.4 cm³/mol. The Labute approximate surface area is 139 Å². The molecule has 0 fully saturated rings. The summed E-state index contributed by atoms with van der Waals surface area (Å²) in [5, 5.41) is 14.5. The summed E-state index contributed by atoms with van der Waals surface area (Å²) in [6.07, 6.45) is 0. The molecule has 0 unspecified atom stereocenters. The zero-order valence-corrected chi connectivity index (χ0v) is 13.3. The van der Waals surface area contributed by atoms with Gasteiger partial charge in [0.1, 0.15) is 11.5 Å². The van der Waals surface area contributed by atoms with E-state index in [1.54, 1.807) is 12.1 Å². The standard InChI is InChI=1S/C20H17NO3/c1-2-24-15-8-5-13-9-17-18(11-21-20(17)23)19(16(13)10-15)12-3-6-14(22)7-4-12/h3-10,22H,2,11H2,1H3,(H,21,23). The van der Waals surface area contributed by atoms with E-state index in [1.165, 1.54) is 0 Å². The summed E-state index contributed by atoms with van der Waals surface area (Å²) >= 11 is 0. The zero-order chi connectivity index (χ0) is 16.7. The molecule has 1 heterocycles. The molecule has 0 radical (unpaired) electrons. The number of aromatic hydroxyl groups is 1. The second kappa shape index (κ2) is 5.57. The van der Waals surface area contributed by atoms with Crippen LogP contribution in [0.1, 0.15) is 22.8 Å². The van der Waals surface area contributed by atoms with Crippen LogP contribution in [0.2, 0.25) is 0 Å². The molecule has 24 heavy (non-hydrogen) atoms. The van der Waals surface area contributed by atoms with Gasteiger partial charge in [0.05, 0.1) is 6.61 Å². The minimum Gasteiger partial charge on any atom is -0.508 e. The number of hydrogen-bond acceptors (Lipinski definition) is 3. The molecule has 4 heteroatoms. The van der Waals surface area contributed by atoms with E-state index in [2.05, 4.69) is 5.32 Å². The van der Waals surface area contributed by atoms with Crippen molar-refractivity contribution < 1.29 is 14.6 Å². The van der Waals surface area contributed by atoms with Gasteiger partial charge in [-0.2, -0.15) is 0 Å². The van der Waals surface area contributed by atoms with E-state index < -0.39 is 0 Å². The number of phenolic OH excluding ortho intramolecular Hbond substituents is 1. The molecule has 1 aliphatic heterocycles. The number of ether oxygens (including phenoxy) is 1. The van der Waals surface area contributed by atoms with Crippen LogP contribution in [0.3, 0.4) is 0 Å². The molecule has 4 rings (SSSR count). The molecular weight excluding hydrogens is 302 g/mol.